The average molecular weight is 531 g/mol. The van der Waals surface area contributed by atoms with Gasteiger partial charge in [-0.15, -0.1) is 0 Å². The lowest BCUT2D eigenvalue weighted by atomic mass is 9.95. The number of aryl methyl sites for hydroxylation is 1. The van der Waals surface area contributed by atoms with Gasteiger partial charge in [-0.1, -0.05) is 42.0 Å². The lowest BCUT2D eigenvalue weighted by Gasteiger charge is -2.31. The van der Waals surface area contributed by atoms with Crippen LogP contribution in [0.4, 0.5) is 4.39 Å². The number of ketones is 1. The van der Waals surface area contributed by atoms with Crippen LogP contribution in [0.15, 0.2) is 78.4 Å². The summed E-state index contributed by atoms with van der Waals surface area (Å²) in [5.41, 5.74) is 3.11. The molecule has 3 aromatic rings. The van der Waals surface area contributed by atoms with Gasteiger partial charge in [0.25, 0.3) is 11.7 Å². The van der Waals surface area contributed by atoms with E-state index in [4.69, 9.17) is 9.47 Å². The number of rotatable bonds is 8. The minimum Gasteiger partial charge on any atom is -0.507 e. The van der Waals surface area contributed by atoms with Gasteiger partial charge >= 0.3 is 0 Å². The Labute approximate surface area is 227 Å². The van der Waals surface area contributed by atoms with Crippen molar-refractivity contribution in [1.29, 1.82) is 0 Å². The van der Waals surface area contributed by atoms with Gasteiger partial charge in [0.05, 0.1) is 24.8 Å². The van der Waals surface area contributed by atoms with E-state index in [0.29, 0.717) is 43.2 Å². The Morgan fingerprint density at radius 2 is 1.72 bits per heavy atom. The molecule has 0 bridgehead atoms. The summed E-state index contributed by atoms with van der Waals surface area (Å²) in [7, 11) is 0. The number of hydrogen-bond donors (Lipinski definition) is 1. The molecule has 0 aliphatic carbocycles. The molecule has 0 spiro atoms. The van der Waals surface area contributed by atoms with E-state index in [-0.39, 0.29) is 17.9 Å². The highest BCUT2D eigenvalue weighted by Crippen LogP contribution is 2.39. The molecule has 0 aromatic heterocycles. The normalized spacial score (nSPS) is 19.4. The Morgan fingerprint density at radius 1 is 1.00 bits per heavy atom. The zero-order chi connectivity index (χ0) is 27.4. The van der Waals surface area contributed by atoms with Gasteiger partial charge in [0, 0.05) is 31.7 Å². The van der Waals surface area contributed by atoms with Crippen molar-refractivity contribution in [1.82, 2.24) is 9.80 Å². The highest BCUT2D eigenvalue weighted by atomic mass is 19.1. The minimum absolute atomic E-state index is 0.0120. The maximum atomic E-state index is 13.7. The molecule has 39 heavy (non-hydrogen) atoms. The second-order valence-electron chi connectivity index (χ2n) is 9.80. The molecule has 1 atom stereocenters. The SMILES string of the molecule is Cc1cccc(COc2ccc(C(O)=C3C(=O)C(=O)N(CCN4CCOCC4)C3c3ccc(F)cc3)cc2)c1. The number of morpholine rings is 1. The number of nitrogens with zero attached hydrogens (tertiary/aromatic N) is 2. The summed E-state index contributed by atoms with van der Waals surface area (Å²) >= 11 is 0. The molecule has 7 nitrogen and oxygen atoms in total. The number of aliphatic hydroxyl groups is 1. The van der Waals surface area contributed by atoms with Gasteiger partial charge in [-0.3, -0.25) is 14.5 Å². The summed E-state index contributed by atoms with van der Waals surface area (Å²) in [6.45, 7) is 5.97. The van der Waals surface area contributed by atoms with Crippen molar-refractivity contribution in [2.75, 3.05) is 39.4 Å². The van der Waals surface area contributed by atoms with Crippen LogP contribution in [-0.4, -0.2) is 66.0 Å². The Hall–Kier alpha value is -4.01. The van der Waals surface area contributed by atoms with Crippen molar-refractivity contribution in [3.8, 4) is 5.75 Å². The van der Waals surface area contributed by atoms with Crippen LogP contribution in [0, 0.1) is 12.7 Å². The van der Waals surface area contributed by atoms with E-state index in [0.717, 1.165) is 24.2 Å². The highest BCUT2D eigenvalue weighted by Gasteiger charge is 2.46. The maximum Gasteiger partial charge on any atom is 0.295 e. The van der Waals surface area contributed by atoms with Crippen molar-refractivity contribution in [3.05, 3.63) is 106 Å². The smallest absolute Gasteiger partial charge is 0.295 e. The number of amides is 1. The Kier molecular flexibility index (Phi) is 8.05. The largest absolute Gasteiger partial charge is 0.507 e. The van der Waals surface area contributed by atoms with Crippen molar-refractivity contribution in [3.63, 3.8) is 0 Å². The number of benzene rings is 3. The van der Waals surface area contributed by atoms with Crippen molar-refractivity contribution >= 4 is 17.4 Å². The van der Waals surface area contributed by atoms with Crippen LogP contribution in [0.25, 0.3) is 5.76 Å². The lowest BCUT2D eigenvalue weighted by molar-refractivity contribution is -0.140. The molecule has 1 amide bonds. The third-order valence-corrected chi connectivity index (χ3v) is 7.10. The van der Waals surface area contributed by atoms with Crippen LogP contribution in [0.2, 0.25) is 0 Å². The monoisotopic (exact) mass is 530 g/mol. The quantitative estimate of drug-likeness (QED) is 0.263. The molecule has 1 unspecified atom stereocenters. The van der Waals surface area contributed by atoms with Crippen LogP contribution in [0.3, 0.4) is 0 Å². The van der Waals surface area contributed by atoms with E-state index < -0.39 is 23.5 Å². The van der Waals surface area contributed by atoms with Crippen LogP contribution in [-0.2, 0) is 20.9 Å². The van der Waals surface area contributed by atoms with Gasteiger partial charge in [-0.05, 0) is 54.4 Å². The van der Waals surface area contributed by atoms with Crippen molar-refractivity contribution < 1.29 is 28.6 Å². The van der Waals surface area contributed by atoms with Gasteiger partial charge in [-0.25, -0.2) is 4.39 Å². The first-order valence-electron chi connectivity index (χ1n) is 13.0. The second-order valence-corrected chi connectivity index (χ2v) is 9.80. The summed E-state index contributed by atoms with van der Waals surface area (Å²) in [5.74, 6) is -1.54. The molecule has 2 aliphatic heterocycles. The molecular formula is C31H31FN2O5. The van der Waals surface area contributed by atoms with E-state index in [9.17, 15) is 19.1 Å². The fraction of sp³-hybridized carbons (Fsp3) is 0.290. The molecule has 0 radical (unpaired) electrons. The Morgan fingerprint density at radius 3 is 2.41 bits per heavy atom. The van der Waals surface area contributed by atoms with Gasteiger partial charge < -0.3 is 19.5 Å². The average Bonchev–Trinajstić information content (AvgIpc) is 3.21. The zero-order valence-electron chi connectivity index (χ0n) is 21.8. The fourth-order valence-electron chi connectivity index (χ4n) is 5.01. The molecule has 202 valence electrons. The summed E-state index contributed by atoms with van der Waals surface area (Å²) < 4.78 is 25.0. The summed E-state index contributed by atoms with van der Waals surface area (Å²) in [6, 6.07) is 19.6. The number of hydrogen-bond acceptors (Lipinski definition) is 6. The third-order valence-electron chi connectivity index (χ3n) is 7.10. The summed E-state index contributed by atoms with van der Waals surface area (Å²) in [4.78, 5) is 30.0. The molecule has 2 heterocycles. The molecule has 8 heteroatoms. The predicted molar refractivity (Wildman–Crippen MR) is 145 cm³/mol. The maximum absolute atomic E-state index is 13.7. The first-order chi connectivity index (χ1) is 18.9. The van der Waals surface area contributed by atoms with Crippen molar-refractivity contribution in [2.24, 2.45) is 0 Å². The van der Waals surface area contributed by atoms with E-state index in [1.807, 2.05) is 31.2 Å². The Balaban J connectivity index is 1.41. The third kappa shape index (κ3) is 6.02. The highest BCUT2D eigenvalue weighted by molar-refractivity contribution is 6.46. The van der Waals surface area contributed by atoms with E-state index in [1.165, 1.54) is 17.0 Å². The molecule has 2 aliphatic rings. The topological polar surface area (TPSA) is 79.3 Å². The minimum atomic E-state index is -0.830. The van der Waals surface area contributed by atoms with Gasteiger partial charge in [0.15, 0.2) is 0 Å². The van der Waals surface area contributed by atoms with Crippen LogP contribution in [0.1, 0.15) is 28.3 Å². The Bertz CT molecular complexity index is 1360. The summed E-state index contributed by atoms with van der Waals surface area (Å²) in [6.07, 6.45) is 0. The number of ether oxygens (including phenoxy) is 2. The molecule has 3 aromatic carbocycles. The van der Waals surface area contributed by atoms with Crippen molar-refractivity contribution in [2.45, 2.75) is 19.6 Å². The van der Waals surface area contributed by atoms with E-state index >= 15 is 0 Å². The number of likely N-dealkylation sites (tertiary alicyclic amines) is 1. The molecule has 0 saturated carbocycles. The molecule has 2 saturated heterocycles. The standard InChI is InChI=1S/C31H31FN2O5/c1-21-3-2-4-22(19-21)20-39-26-11-7-24(8-12-26)29(35)27-28(23-5-9-25(32)10-6-23)34(31(37)30(27)36)14-13-33-15-17-38-18-16-33/h2-12,19,28,35H,13-18,20H2,1H3. The van der Waals surface area contributed by atoms with Crippen LogP contribution < -0.4 is 4.74 Å². The molecule has 5 rings (SSSR count). The fourth-order valence-corrected chi connectivity index (χ4v) is 5.01. The van der Waals surface area contributed by atoms with Gasteiger partial charge in [0.1, 0.15) is 23.9 Å². The van der Waals surface area contributed by atoms with Gasteiger partial charge in [-0.2, -0.15) is 0 Å². The van der Waals surface area contributed by atoms with Crippen LogP contribution >= 0.6 is 0 Å². The number of aliphatic hydroxyl groups excluding tert-OH is 1. The molecule has 1 N–H and O–H groups in total. The number of carbonyl (C=O) groups excluding carboxylic acids is 2. The number of Topliss-reactive ketones (excluding diaryl/α,β-unsaturated/α-hetero) is 1. The number of halogens is 1. The summed E-state index contributed by atoms with van der Waals surface area (Å²) in [5, 5.41) is 11.3. The van der Waals surface area contributed by atoms with Gasteiger partial charge in [0.2, 0.25) is 0 Å². The first-order valence-corrected chi connectivity index (χ1v) is 13.0. The molecular weight excluding hydrogens is 499 g/mol. The predicted octanol–water partition coefficient (Wildman–Crippen LogP) is 4.47. The first kappa shape index (κ1) is 26.6. The molecule has 2 fully saturated rings. The number of carbonyl (C=O) groups is 2. The van der Waals surface area contributed by atoms with E-state index in [1.54, 1.807) is 36.4 Å². The lowest BCUT2D eigenvalue weighted by Crippen LogP contribution is -2.42. The second kappa shape index (κ2) is 11.8. The zero-order valence-corrected chi connectivity index (χ0v) is 21.8. The van der Waals surface area contributed by atoms with E-state index in [2.05, 4.69) is 4.90 Å². The van der Waals surface area contributed by atoms with Crippen LogP contribution in [0.5, 0.6) is 5.75 Å².